The zero-order valence-electron chi connectivity index (χ0n) is 13.5. The molecule has 0 saturated carbocycles. The van der Waals surface area contributed by atoms with Gasteiger partial charge in [0.1, 0.15) is 0 Å². The van der Waals surface area contributed by atoms with Crippen LogP contribution in [0.2, 0.25) is 0 Å². The van der Waals surface area contributed by atoms with Crippen LogP contribution in [0.1, 0.15) is 59.7 Å². The molecule has 1 unspecified atom stereocenters. The molecule has 0 fully saturated rings. The van der Waals surface area contributed by atoms with E-state index in [-0.39, 0.29) is 0 Å². The molecule has 0 aliphatic heterocycles. The number of nitrogens with zero attached hydrogens (tertiary/aromatic N) is 2. The summed E-state index contributed by atoms with van der Waals surface area (Å²) in [5, 5.41) is 8.24. The summed E-state index contributed by atoms with van der Waals surface area (Å²) in [6.45, 7) is 15.7. The van der Waals surface area contributed by atoms with Crippen molar-refractivity contribution < 1.29 is 0 Å². The highest BCUT2D eigenvalue weighted by Crippen LogP contribution is 2.28. The normalized spacial score (nSPS) is 14.1. The number of hydrogen-bond donors (Lipinski definition) is 1. The molecule has 19 heavy (non-hydrogen) atoms. The van der Waals surface area contributed by atoms with Gasteiger partial charge in [0.25, 0.3) is 0 Å². The molecule has 1 atom stereocenters. The van der Waals surface area contributed by atoms with Crippen LogP contribution in [0.15, 0.2) is 12.3 Å². The summed E-state index contributed by atoms with van der Waals surface area (Å²) < 4.78 is 2.05. The number of aromatic nitrogens is 2. The Bertz CT molecular complexity index is 360. The molecule has 0 radical (unpaired) electrons. The van der Waals surface area contributed by atoms with Gasteiger partial charge in [-0.05, 0) is 57.2 Å². The van der Waals surface area contributed by atoms with E-state index in [1.807, 2.05) is 0 Å². The second-order valence-electron chi connectivity index (χ2n) is 6.85. The van der Waals surface area contributed by atoms with Crippen LogP contribution in [-0.2, 0) is 6.42 Å². The molecule has 0 spiro atoms. The van der Waals surface area contributed by atoms with Crippen molar-refractivity contribution in [1.82, 2.24) is 15.1 Å². The van der Waals surface area contributed by atoms with Crippen LogP contribution in [0.3, 0.4) is 0 Å². The lowest BCUT2D eigenvalue weighted by Gasteiger charge is -2.30. The zero-order valence-corrected chi connectivity index (χ0v) is 13.5. The maximum absolute atomic E-state index is 4.68. The SMILES string of the molecule is CCCNCC(Cc1ccn(C(C)C)n1)C(C)(C)C. The third-order valence-electron chi connectivity index (χ3n) is 3.69. The molecule has 1 aromatic rings. The molecule has 1 heterocycles. The first-order chi connectivity index (χ1) is 8.84. The van der Waals surface area contributed by atoms with Crippen LogP contribution in [-0.4, -0.2) is 22.9 Å². The minimum Gasteiger partial charge on any atom is -0.316 e. The van der Waals surface area contributed by atoms with Crippen molar-refractivity contribution >= 4 is 0 Å². The van der Waals surface area contributed by atoms with E-state index in [4.69, 9.17) is 0 Å². The third kappa shape index (κ3) is 5.35. The molecule has 3 heteroatoms. The Morgan fingerprint density at radius 3 is 2.47 bits per heavy atom. The molecule has 1 N–H and O–H groups in total. The van der Waals surface area contributed by atoms with E-state index in [9.17, 15) is 0 Å². The van der Waals surface area contributed by atoms with Gasteiger partial charge in [0.2, 0.25) is 0 Å². The van der Waals surface area contributed by atoms with Gasteiger partial charge in [-0.15, -0.1) is 0 Å². The predicted molar refractivity (Wildman–Crippen MR) is 82.4 cm³/mol. The summed E-state index contributed by atoms with van der Waals surface area (Å²) in [6, 6.07) is 2.61. The fraction of sp³-hybridized carbons (Fsp3) is 0.812. The number of hydrogen-bond acceptors (Lipinski definition) is 2. The molecule has 3 nitrogen and oxygen atoms in total. The van der Waals surface area contributed by atoms with Crippen LogP contribution in [0, 0.1) is 11.3 Å². The van der Waals surface area contributed by atoms with Crippen LogP contribution in [0.25, 0.3) is 0 Å². The highest BCUT2D eigenvalue weighted by atomic mass is 15.3. The van der Waals surface area contributed by atoms with Crippen molar-refractivity contribution in [2.45, 2.75) is 60.4 Å². The van der Waals surface area contributed by atoms with Gasteiger partial charge in [0, 0.05) is 12.2 Å². The van der Waals surface area contributed by atoms with E-state index in [1.54, 1.807) is 0 Å². The Balaban J connectivity index is 2.65. The highest BCUT2D eigenvalue weighted by Gasteiger charge is 2.25. The molecule has 0 saturated heterocycles. The summed E-state index contributed by atoms with van der Waals surface area (Å²) >= 11 is 0. The maximum Gasteiger partial charge on any atom is 0.0628 e. The van der Waals surface area contributed by atoms with Crippen molar-refractivity contribution in [3.05, 3.63) is 18.0 Å². The minimum atomic E-state index is 0.308. The Kier molecular flexibility index (Phi) is 6.05. The second kappa shape index (κ2) is 7.09. The van der Waals surface area contributed by atoms with E-state index in [0.29, 0.717) is 17.4 Å². The fourth-order valence-electron chi connectivity index (χ4n) is 2.16. The molecule has 0 aromatic carbocycles. The van der Waals surface area contributed by atoms with E-state index >= 15 is 0 Å². The van der Waals surface area contributed by atoms with Crippen molar-refractivity contribution in [2.75, 3.05) is 13.1 Å². The van der Waals surface area contributed by atoms with Gasteiger partial charge in [-0.3, -0.25) is 4.68 Å². The average Bonchev–Trinajstić information content (AvgIpc) is 2.75. The second-order valence-corrected chi connectivity index (χ2v) is 6.85. The number of nitrogens with one attached hydrogen (secondary N) is 1. The third-order valence-corrected chi connectivity index (χ3v) is 3.69. The van der Waals surface area contributed by atoms with Gasteiger partial charge in [-0.2, -0.15) is 5.10 Å². The zero-order chi connectivity index (χ0) is 14.5. The van der Waals surface area contributed by atoms with Crippen molar-refractivity contribution in [3.8, 4) is 0 Å². The molecular weight excluding hydrogens is 234 g/mol. The largest absolute Gasteiger partial charge is 0.316 e. The van der Waals surface area contributed by atoms with Crippen molar-refractivity contribution in [3.63, 3.8) is 0 Å². The van der Waals surface area contributed by atoms with Crippen LogP contribution in [0.4, 0.5) is 0 Å². The van der Waals surface area contributed by atoms with E-state index in [2.05, 4.69) is 68.9 Å². The van der Waals surface area contributed by atoms with Gasteiger partial charge < -0.3 is 5.32 Å². The molecule has 110 valence electrons. The van der Waals surface area contributed by atoms with Crippen LogP contribution in [0.5, 0.6) is 0 Å². The Labute approximate surface area is 118 Å². The van der Waals surface area contributed by atoms with Crippen LogP contribution < -0.4 is 5.32 Å². The van der Waals surface area contributed by atoms with Crippen LogP contribution >= 0.6 is 0 Å². The summed E-state index contributed by atoms with van der Waals surface area (Å²) in [7, 11) is 0. The molecular formula is C16H31N3. The Morgan fingerprint density at radius 2 is 2.00 bits per heavy atom. The lowest BCUT2D eigenvalue weighted by Crippen LogP contribution is -2.33. The van der Waals surface area contributed by atoms with Gasteiger partial charge in [-0.1, -0.05) is 27.7 Å². The standard InChI is InChI=1S/C16H31N3/c1-7-9-17-12-14(16(4,5)6)11-15-8-10-19(18-15)13(2)3/h8,10,13-14,17H,7,9,11-12H2,1-6H3. The summed E-state index contributed by atoms with van der Waals surface area (Å²) in [4.78, 5) is 0. The monoisotopic (exact) mass is 265 g/mol. The minimum absolute atomic E-state index is 0.308. The van der Waals surface area contributed by atoms with Gasteiger partial charge in [0.15, 0.2) is 0 Å². The summed E-state index contributed by atoms with van der Waals surface area (Å²) in [5.41, 5.74) is 1.52. The lowest BCUT2D eigenvalue weighted by atomic mass is 9.78. The smallest absolute Gasteiger partial charge is 0.0628 e. The van der Waals surface area contributed by atoms with Gasteiger partial charge >= 0.3 is 0 Å². The summed E-state index contributed by atoms with van der Waals surface area (Å²) in [5.74, 6) is 0.620. The highest BCUT2D eigenvalue weighted by molar-refractivity contribution is 5.02. The molecule has 0 aliphatic rings. The van der Waals surface area contributed by atoms with E-state index in [0.717, 1.165) is 19.5 Å². The molecule has 0 amide bonds. The molecule has 1 aromatic heterocycles. The van der Waals surface area contributed by atoms with Gasteiger partial charge in [-0.25, -0.2) is 0 Å². The fourth-order valence-corrected chi connectivity index (χ4v) is 2.16. The molecule has 0 aliphatic carbocycles. The van der Waals surface area contributed by atoms with Crippen molar-refractivity contribution in [2.24, 2.45) is 11.3 Å². The maximum atomic E-state index is 4.68. The quantitative estimate of drug-likeness (QED) is 0.762. The topological polar surface area (TPSA) is 29.9 Å². The predicted octanol–water partition coefficient (Wildman–Crippen LogP) is 3.67. The Morgan fingerprint density at radius 1 is 1.32 bits per heavy atom. The summed E-state index contributed by atoms with van der Waals surface area (Å²) in [6.07, 6.45) is 4.35. The average molecular weight is 265 g/mol. The van der Waals surface area contributed by atoms with E-state index in [1.165, 1.54) is 12.1 Å². The first-order valence-corrected chi connectivity index (χ1v) is 7.59. The first kappa shape index (κ1) is 16.2. The lowest BCUT2D eigenvalue weighted by molar-refractivity contribution is 0.229. The molecule has 1 rings (SSSR count). The van der Waals surface area contributed by atoms with E-state index < -0.39 is 0 Å². The first-order valence-electron chi connectivity index (χ1n) is 7.59. The Hall–Kier alpha value is -0.830. The number of rotatable bonds is 7. The van der Waals surface area contributed by atoms with Crippen molar-refractivity contribution in [1.29, 1.82) is 0 Å². The van der Waals surface area contributed by atoms with Gasteiger partial charge in [0.05, 0.1) is 5.69 Å². The molecule has 0 bridgehead atoms.